The molecule has 4 atom stereocenters. The number of aromatic nitrogens is 6. The predicted octanol–water partition coefficient (Wildman–Crippen LogP) is 1.18. The van der Waals surface area contributed by atoms with Gasteiger partial charge in [-0.3, -0.25) is 19.3 Å². The molecule has 0 radical (unpaired) electrons. The summed E-state index contributed by atoms with van der Waals surface area (Å²) in [4.78, 5) is 34.1. The molecule has 1 saturated heterocycles. The molecule has 1 fully saturated rings. The quantitative estimate of drug-likeness (QED) is 0.285. The Hall–Kier alpha value is -4.07. The molecule has 0 aliphatic carbocycles. The minimum atomic E-state index is -1.48. The maximum absolute atomic E-state index is 13.9. The summed E-state index contributed by atoms with van der Waals surface area (Å²) < 4.78 is 21.1. The van der Waals surface area contributed by atoms with Crippen LogP contribution < -0.4 is 10.6 Å². The summed E-state index contributed by atoms with van der Waals surface area (Å²) >= 11 is 0. The van der Waals surface area contributed by atoms with Crippen molar-refractivity contribution in [2.24, 2.45) is 0 Å². The third kappa shape index (κ3) is 4.96. The molecule has 1 aliphatic heterocycles. The fraction of sp³-hybridized carbons (Fsp3) is 0.333. The van der Waals surface area contributed by atoms with Crippen LogP contribution in [0.5, 0.6) is 0 Å². The fourth-order valence-electron chi connectivity index (χ4n) is 4.04. The highest BCUT2D eigenvalue weighted by Gasteiger charge is 2.48. The number of amides is 1. The number of rotatable bonds is 7. The van der Waals surface area contributed by atoms with Crippen molar-refractivity contribution in [3.05, 3.63) is 60.7 Å². The Morgan fingerprint density at radius 1 is 1.19 bits per heavy atom. The van der Waals surface area contributed by atoms with E-state index in [-0.39, 0.29) is 17.5 Å². The molecular weight excluding hydrogens is 483 g/mol. The van der Waals surface area contributed by atoms with Gasteiger partial charge in [-0.05, 0) is 32.0 Å². The van der Waals surface area contributed by atoms with Crippen molar-refractivity contribution >= 4 is 22.9 Å². The number of halogens is 1. The number of carbonyl (C=O) groups excluding carboxylic acids is 1. The molecule has 13 heteroatoms. The Labute approximate surface area is 210 Å². The molecule has 1 aliphatic rings. The largest absolute Gasteiger partial charge is 0.387 e. The van der Waals surface area contributed by atoms with Gasteiger partial charge in [0, 0.05) is 24.0 Å². The van der Waals surface area contributed by atoms with Gasteiger partial charge in [0.05, 0.1) is 24.8 Å². The Morgan fingerprint density at radius 2 is 2.03 bits per heavy atom. The molecule has 4 aromatic heterocycles. The van der Waals surface area contributed by atoms with Crippen molar-refractivity contribution in [2.75, 3.05) is 5.32 Å². The topological polar surface area (TPSA) is 160 Å². The van der Waals surface area contributed by atoms with Gasteiger partial charge in [0.15, 0.2) is 35.1 Å². The van der Waals surface area contributed by atoms with E-state index < -0.39 is 36.3 Å². The number of aliphatic hydroxyl groups is 2. The molecule has 5 heterocycles. The van der Waals surface area contributed by atoms with E-state index in [1.54, 1.807) is 26.1 Å². The number of hydrogen-bond donors (Lipinski definition) is 4. The smallest absolute Gasteiger partial charge is 0.252 e. The van der Waals surface area contributed by atoms with Crippen LogP contribution in [0.2, 0.25) is 0 Å². The van der Waals surface area contributed by atoms with Gasteiger partial charge in [0.1, 0.15) is 18.0 Å². The van der Waals surface area contributed by atoms with Crippen molar-refractivity contribution < 1.29 is 24.1 Å². The molecular formula is C24H25FN8O4. The van der Waals surface area contributed by atoms with Crippen molar-refractivity contribution in [3.63, 3.8) is 0 Å². The van der Waals surface area contributed by atoms with Crippen LogP contribution in [0, 0.1) is 5.82 Å². The fourth-order valence-corrected chi connectivity index (χ4v) is 4.04. The number of nitrogens with zero attached hydrogens (tertiary/aromatic N) is 6. The molecule has 1 amide bonds. The van der Waals surface area contributed by atoms with E-state index in [1.165, 1.54) is 23.2 Å². The number of aliphatic hydroxyl groups excluding tert-OH is 2. The Bertz CT molecular complexity index is 1420. The molecule has 0 spiro atoms. The van der Waals surface area contributed by atoms with Crippen molar-refractivity contribution in [3.8, 4) is 11.4 Å². The lowest BCUT2D eigenvalue weighted by Crippen LogP contribution is -2.45. The Kier molecular flexibility index (Phi) is 6.74. The minimum absolute atomic E-state index is 0.145. The molecule has 37 heavy (non-hydrogen) atoms. The van der Waals surface area contributed by atoms with Gasteiger partial charge in [-0.1, -0.05) is 6.07 Å². The zero-order valence-electron chi connectivity index (χ0n) is 20.0. The second-order valence-electron chi connectivity index (χ2n) is 8.88. The normalized spacial score (nSPS) is 21.5. The van der Waals surface area contributed by atoms with Gasteiger partial charge in [-0.15, -0.1) is 0 Å². The number of pyridine rings is 2. The molecule has 0 bridgehead atoms. The Balaban J connectivity index is 1.55. The highest BCUT2D eigenvalue weighted by Crippen LogP contribution is 2.33. The highest BCUT2D eigenvalue weighted by molar-refractivity contribution is 5.85. The summed E-state index contributed by atoms with van der Waals surface area (Å²) in [5, 5.41) is 27.1. The first-order chi connectivity index (χ1) is 17.8. The number of ether oxygens (including phenoxy) is 1. The second-order valence-corrected chi connectivity index (χ2v) is 8.88. The number of anilines is 1. The summed E-state index contributed by atoms with van der Waals surface area (Å²) in [6.07, 6.45) is 0.152. The van der Waals surface area contributed by atoms with E-state index >= 15 is 0 Å². The van der Waals surface area contributed by atoms with Crippen molar-refractivity contribution in [1.82, 2.24) is 34.8 Å². The van der Waals surface area contributed by atoms with Crippen LogP contribution in [-0.2, 0) is 16.1 Å². The zero-order valence-corrected chi connectivity index (χ0v) is 20.0. The van der Waals surface area contributed by atoms with Crippen LogP contribution in [0.25, 0.3) is 22.6 Å². The number of hydrogen-bond acceptors (Lipinski definition) is 10. The number of carbonyl (C=O) groups is 1. The van der Waals surface area contributed by atoms with Crippen LogP contribution in [0.3, 0.4) is 0 Å². The van der Waals surface area contributed by atoms with Gasteiger partial charge in [0.25, 0.3) is 5.91 Å². The van der Waals surface area contributed by atoms with Gasteiger partial charge in [-0.2, -0.15) is 0 Å². The predicted molar refractivity (Wildman–Crippen MR) is 129 cm³/mol. The number of imidazole rings is 1. The monoisotopic (exact) mass is 508 g/mol. The lowest BCUT2D eigenvalue weighted by molar-refractivity contribution is -0.138. The molecule has 0 saturated carbocycles. The Morgan fingerprint density at radius 3 is 2.76 bits per heavy atom. The van der Waals surface area contributed by atoms with Gasteiger partial charge >= 0.3 is 0 Å². The van der Waals surface area contributed by atoms with Gasteiger partial charge < -0.3 is 25.6 Å². The van der Waals surface area contributed by atoms with Crippen LogP contribution in [-0.4, -0.2) is 70.0 Å². The van der Waals surface area contributed by atoms with Crippen LogP contribution in [0.4, 0.5) is 10.2 Å². The summed E-state index contributed by atoms with van der Waals surface area (Å²) in [5.74, 6) is -0.635. The van der Waals surface area contributed by atoms with E-state index in [1.807, 2.05) is 12.1 Å². The first-order valence-corrected chi connectivity index (χ1v) is 11.6. The molecule has 5 rings (SSSR count). The summed E-state index contributed by atoms with van der Waals surface area (Å²) in [5.41, 5.74) is 1.64. The third-order valence-corrected chi connectivity index (χ3v) is 5.75. The maximum atomic E-state index is 13.9. The van der Waals surface area contributed by atoms with E-state index in [4.69, 9.17) is 4.74 Å². The third-order valence-electron chi connectivity index (χ3n) is 5.75. The lowest BCUT2D eigenvalue weighted by Gasteiger charge is -2.17. The zero-order chi connectivity index (χ0) is 26.1. The standard InChI is InChI=1S/C24H25FN8O4/c1-12(2)30-23(36)19-17(34)18(35)24(37-19)33-11-29-16-21(28-10-15-5-3-4-6-27-15)31-20(32-22(16)33)13-7-14(25)9-26-8-13/h3-9,11-12,17-19,24,34-35H,10H2,1-2H3,(H,30,36)(H,28,31,32)/t17-,18+,19-,24+/m0/s1. The van der Waals surface area contributed by atoms with Crippen molar-refractivity contribution in [1.29, 1.82) is 0 Å². The van der Waals surface area contributed by atoms with Crippen molar-refractivity contribution in [2.45, 2.75) is 51.0 Å². The first kappa shape index (κ1) is 24.6. The van der Waals surface area contributed by atoms with Crippen LogP contribution in [0.15, 0.2) is 49.2 Å². The maximum Gasteiger partial charge on any atom is 0.252 e. The molecule has 4 aromatic rings. The average Bonchev–Trinajstić information content (AvgIpc) is 3.43. The lowest BCUT2D eigenvalue weighted by atomic mass is 10.1. The number of fused-ring (bicyclic) bond motifs is 1. The second kappa shape index (κ2) is 10.1. The van der Waals surface area contributed by atoms with E-state index in [0.29, 0.717) is 23.4 Å². The van der Waals surface area contributed by atoms with E-state index in [0.717, 1.165) is 11.9 Å². The summed E-state index contributed by atoms with van der Waals surface area (Å²) in [7, 11) is 0. The summed E-state index contributed by atoms with van der Waals surface area (Å²) in [6.45, 7) is 3.87. The van der Waals surface area contributed by atoms with Gasteiger partial charge in [-0.25, -0.2) is 19.3 Å². The molecule has 192 valence electrons. The first-order valence-electron chi connectivity index (χ1n) is 11.6. The van der Waals surface area contributed by atoms with Gasteiger partial charge in [0.2, 0.25) is 0 Å². The van der Waals surface area contributed by atoms with E-state index in [2.05, 4.69) is 35.6 Å². The van der Waals surface area contributed by atoms with Crippen LogP contribution in [0.1, 0.15) is 25.8 Å². The average molecular weight is 509 g/mol. The molecule has 0 aromatic carbocycles. The SMILES string of the molecule is CC(C)NC(=O)[C@H]1O[C@@H](n2cnc3c(NCc4ccccn4)nc(-c4cncc(F)c4)nc32)[C@H](O)[C@@H]1O. The number of nitrogens with one attached hydrogen (secondary N) is 2. The highest BCUT2D eigenvalue weighted by atomic mass is 19.1. The molecule has 12 nitrogen and oxygen atoms in total. The minimum Gasteiger partial charge on any atom is -0.387 e. The summed E-state index contributed by atoms with van der Waals surface area (Å²) in [6, 6.07) is 6.56. The van der Waals surface area contributed by atoms with Crippen LogP contribution >= 0.6 is 0 Å². The molecule has 4 N–H and O–H groups in total. The van der Waals surface area contributed by atoms with E-state index in [9.17, 15) is 19.4 Å². The molecule has 0 unspecified atom stereocenters.